The molecule has 108 valence electrons. The van der Waals surface area contributed by atoms with E-state index in [9.17, 15) is 14.7 Å². The van der Waals surface area contributed by atoms with Crippen LogP contribution in [0, 0.1) is 17.8 Å². The standard InChI is InChI=1S/C14H23NO4/c1-3-9-6-11(12(7-9)14(17)18)13(16)15-5-4-10(8-15)19-2/h9-12H,3-8H2,1-2H3,(H,17,18). The van der Waals surface area contributed by atoms with Crippen LogP contribution in [0.1, 0.15) is 32.6 Å². The maximum atomic E-state index is 12.5. The fraction of sp³-hybridized carbons (Fsp3) is 0.857. The Labute approximate surface area is 113 Å². The Morgan fingerprint density at radius 1 is 1.32 bits per heavy atom. The lowest BCUT2D eigenvalue weighted by atomic mass is 9.95. The average Bonchev–Trinajstić information content (AvgIpc) is 3.04. The van der Waals surface area contributed by atoms with E-state index in [0.29, 0.717) is 25.4 Å². The first-order valence-electron chi connectivity index (χ1n) is 7.11. The summed E-state index contributed by atoms with van der Waals surface area (Å²) in [6.07, 6.45) is 3.28. The third-order valence-corrected chi connectivity index (χ3v) is 4.66. The second-order valence-electron chi connectivity index (χ2n) is 5.73. The second-order valence-corrected chi connectivity index (χ2v) is 5.73. The van der Waals surface area contributed by atoms with E-state index >= 15 is 0 Å². The van der Waals surface area contributed by atoms with Gasteiger partial charge in [-0.3, -0.25) is 9.59 Å². The summed E-state index contributed by atoms with van der Waals surface area (Å²) in [6, 6.07) is 0. The SMILES string of the molecule is CCC1CC(C(=O)O)C(C(=O)N2CCC(OC)C2)C1. The predicted octanol–water partition coefficient (Wildman–Crippen LogP) is 1.37. The van der Waals surface area contributed by atoms with Crippen LogP contribution in [0.5, 0.6) is 0 Å². The van der Waals surface area contributed by atoms with Crippen molar-refractivity contribution in [3.63, 3.8) is 0 Å². The Bertz CT molecular complexity index is 357. The van der Waals surface area contributed by atoms with Crippen molar-refractivity contribution < 1.29 is 19.4 Å². The Hall–Kier alpha value is -1.10. The lowest BCUT2D eigenvalue weighted by Crippen LogP contribution is -2.38. The van der Waals surface area contributed by atoms with E-state index in [1.165, 1.54) is 0 Å². The minimum atomic E-state index is -0.822. The third kappa shape index (κ3) is 2.91. The van der Waals surface area contributed by atoms with Gasteiger partial charge in [0.15, 0.2) is 0 Å². The van der Waals surface area contributed by atoms with Crippen LogP contribution in [0.4, 0.5) is 0 Å². The predicted molar refractivity (Wildman–Crippen MR) is 69.6 cm³/mol. The molecule has 0 spiro atoms. The lowest BCUT2D eigenvalue weighted by molar-refractivity contribution is -0.148. The number of carbonyl (C=O) groups excluding carboxylic acids is 1. The normalized spacial score (nSPS) is 34.7. The van der Waals surface area contributed by atoms with E-state index in [2.05, 4.69) is 6.92 Å². The zero-order chi connectivity index (χ0) is 14.0. The number of amides is 1. The summed E-state index contributed by atoms with van der Waals surface area (Å²) >= 11 is 0. The van der Waals surface area contributed by atoms with Crippen LogP contribution >= 0.6 is 0 Å². The van der Waals surface area contributed by atoms with Crippen molar-refractivity contribution in [2.24, 2.45) is 17.8 Å². The molecule has 0 aromatic rings. The average molecular weight is 269 g/mol. The second kappa shape index (κ2) is 5.90. The third-order valence-electron chi connectivity index (χ3n) is 4.66. The molecular formula is C14H23NO4. The molecule has 1 N–H and O–H groups in total. The molecule has 1 aliphatic carbocycles. The highest BCUT2D eigenvalue weighted by Crippen LogP contribution is 2.39. The highest BCUT2D eigenvalue weighted by atomic mass is 16.5. The first kappa shape index (κ1) is 14.3. The summed E-state index contributed by atoms with van der Waals surface area (Å²) in [5.41, 5.74) is 0. The Morgan fingerprint density at radius 3 is 2.53 bits per heavy atom. The summed E-state index contributed by atoms with van der Waals surface area (Å²) in [7, 11) is 1.65. The molecule has 1 heterocycles. The van der Waals surface area contributed by atoms with Crippen molar-refractivity contribution in [1.82, 2.24) is 4.90 Å². The van der Waals surface area contributed by atoms with Crippen LogP contribution in [-0.2, 0) is 14.3 Å². The number of hydrogen-bond donors (Lipinski definition) is 1. The molecule has 0 radical (unpaired) electrons. The first-order valence-corrected chi connectivity index (χ1v) is 7.11. The number of hydrogen-bond acceptors (Lipinski definition) is 3. The topological polar surface area (TPSA) is 66.8 Å². The van der Waals surface area contributed by atoms with E-state index in [4.69, 9.17) is 4.74 Å². The number of carboxylic acids is 1. The number of methoxy groups -OCH3 is 1. The van der Waals surface area contributed by atoms with E-state index < -0.39 is 11.9 Å². The fourth-order valence-corrected chi connectivity index (χ4v) is 3.38. The number of aliphatic carboxylic acids is 1. The van der Waals surface area contributed by atoms with Crippen molar-refractivity contribution in [2.45, 2.75) is 38.7 Å². The smallest absolute Gasteiger partial charge is 0.307 e. The maximum Gasteiger partial charge on any atom is 0.307 e. The Kier molecular flexibility index (Phi) is 4.45. The van der Waals surface area contributed by atoms with Gasteiger partial charge in [0.2, 0.25) is 5.91 Å². The first-order chi connectivity index (χ1) is 9.06. The summed E-state index contributed by atoms with van der Waals surface area (Å²) in [5.74, 6) is -1.27. The van der Waals surface area contributed by atoms with Crippen molar-refractivity contribution in [1.29, 1.82) is 0 Å². The van der Waals surface area contributed by atoms with Crippen LogP contribution in [0.15, 0.2) is 0 Å². The zero-order valence-electron chi connectivity index (χ0n) is 11.7. The number of carbonyl (C=O) groups is 2. The van der Waals surface area contributed by atoms with Crippen LogP contribution in [-0.4, -0.2) is 48.2 Å². The molecule has 2 fully saturated rings. The van der Waals surface area contributed by atoms with Gasteiger partial charge in [0, 0.05) is 20.2 Å². The van der Waals surface area contributed by atoms with Gasteiger partial charge in [0.25, 0.3) is 0 Å². The number of ether oxygens (including phenoxy) is 1. The minimum Gasteiger partial charge on any atom is -0.481 e. The van der Waals surface area contributed by atoms with E-state index in [1.807, 2.05) is 0 Å². The van der Waals surface area contributed by atoms with Gasteiger partial charge < -0.3 is 14.7 Å². The largest absolute Gasteiger partial charge is 0.481 e. The van der Waals surface area contributed by atoms with Gasteiger partial charge in [-0.2, -0.15) is 0 Å². The Balaban J connectivity index is 2.03. The van der Waals surface area contributed by atoms with Gasteiger partial charge in [0.05, 0.1) is 17.9 Å². The van der Waals surface area contributed by atoms with Crippen molar-refractivity contribution >= 4 is 11.9 Å². The minimum absolute atomic E-state index is 0.0166. The van der Waals surface area contributed by atoms with Crippen molar-refractivity contribution in [3.8, 4) is 0 Å². The van der Waals surface area contributed by atoms with E-state index in [0.717, 1.165) is 19.3 Å². The molecule has 2 rings (SSSR count). The maximum absolute atomic E-state index is 12.5. The molecule has 0 aromatic carbocycles. The molecule has 5 nitrogen and oxygen atoms in total. The molecule has 1 saturated carbocycles. The molecule has 1 saturated heterocycles. The van der Waals surface area contributed by atoms with E-state index in [1.54, 1.807) is 12.0 Å². The molecule has 4 atom stereocenters. The highest BCUT2D eigenvalue weighted by Gasteiger charge is 2.44. The van der Waals surface area contributed by atoms with Gasteiger partial charge >= 0.3 is 5.97 Å². The molecule has 4 unspecified atom stereocenters. The number of nitrogens with zero attached hydrogens (tertiary/aromatic N) is 1. The van der Waals surface area contributed by atoms with Crippen molar-refractivity contribution in [3.05, 3.63) is 0 Å². The molecular weight excluding hydrogens is 246 g/mol. The molecule has 0 bridgehead atoms. The quantitative estimate of drug-likeness (QED) is 0.837. The van der Waals surface area contributed by atoms with Crippen LogP contribution < -0.4 is 0 Å². The summed E-state index contributed by atoms with van der Waals surface area (Å²) in [6.45, 7) is 3.36. The van der Waals surface area contributed by atoms with Gasteiger partial charge in [0.1, 0.15) is 0 Å². The summed E-state index contributed by atoms with van der Waals surface area (Å²) < 4.78 is 5.26. The molecule has 5 heteroatoms. The molecule has 0 aromatic heterocycles. The van der Waals surface area contributed by atoms with Crippen LogP contribution in [0.3, 0.4) is 0 Å². The highest BCUT2D eigenvalue weighted by molar-refractivity contribution is 5.85. The molecule has 1 aliphatic heterocycles. The van der Waals surface area contributed by atoms with Gasteiger partial charge in [-0.05, 0) is 25.2 Å². The molecule has 19 heavy (non-hydrogen) atoms. The molecule has 2 aliphatic rings. The van der Waals surface area contributed by atoms with Crippen LogP contribution in [0.2, 0.25) is 0 Å². The van der Waals surface area contributed by atoms with Crippen molar-refractivity contribution in [2.75, 3.05) is 20.2 Å². The fourth-order valence-electron chi connectivity index (χ4n) is 3.38. The number of rotatable bonds is 4. The van der Waals surface area contributed by atoms with Gasteiger partial charge in [-0.1, -0.05) is 13.3 Å². The summed E-state index contributed by atoms with van der Waals surface area (Å²) in [4.78, 5) is 25.6. The number of likely N-dealkylation sites (tertiary alicyclic amines) is 1. The lowest BCUT2D eigenvalue weighted by Gasteiger charge is -2.23. The molecule has 1 amide bonds. The van der Waals surface area contributed by atoms with Crippen LogP contribution in [0.25, 0.3) is 0 Å². The summed E-state index contributed by atoms with van der Waals surface area (Å²) in [5, 5.41) is 9.29. The van der Waals surface area contributed by atoms with E-state index in [-0.39, 0.29) is 17.9 Å². The zero-order valence-corrected chi connectivity index (χ0v) is 11.7. The van der Waals surface area contributed by atoms with Gasteiger partial charge in [-0.15, -0.1) is 0 Å². The Morgan fingerprint density at radius 2 is 2.00 bits per heavy atom. The van der Waals surface area contributed by atoms with Gasteiger partial charge in [-0.25, -0.2) is 0 Å². The number of carboxylic acid groups (broad SMARTS) is 1. The monoisotopic (exact) mass is 269 g/mol.